The lowest BCUT2D eigenvalue weighted by Crippen LogP contribution is -2.16. The maximum atomic E-state index is 4.98. The summed E-state index contributed by atoms with van der Waals surface area (Å²) >= 11 is 0. The number of hydrogen-bond donors (Lipinski definition) is 1. The first kappa shape index (κ1) is 14.5. The highest BCUT2D eigenvalue weighted by atomic mass is 14.8. The molecule has 0 saturated heterocycles. The molecule has 2 aliphatic heterocycles. The standard InChI is InChI=1S/C19H26N2/c1-4-15-6-5-13(2)18-11-16-7-9-20-10-8-17(16)12-19(18)21-14(15)3/h11-12,15,20H,2,4-10H2,1,3H3. The van der Waals surface area contributed by atoms with Gasteiger partial charge in [-0.2, -0.15) is 0 Å². The second-order valence-electron chi connectivity index (χ2n) is 6.39. The smallest absolute Gasteiger partial charge is 0.0706 e. The van der Waals surface area contributed by atoms with Crippen LogP contribution in [0.4, 0.5) is 5.69 Å². The van der Waals surface area contributed by atoms with Crippen LogP contribution in [0.5, 0.6) is 0 Å². The van der Waals surface area contributed by atoms with E-state index in [1.165, 1.54) is 40.8 Å². The van der Waals surface area contributed by atoms with Crippen LogP contribution in [-0.4, -0.2) is 18.8 Å². The number of nitrogens with zero attached hydrogens (tertiary/aromatic N) is 1. The molecule has 0 spiro atoms. The van der Waals surface area contributed by atoms with Crippen molar-refractivity contribution in [3.05, 3.63) is 35.4 Å². The Morgan fingerprint density at radius 3 is 2.62 bits per heavy atom. The summed E-state index contributed by atoms with van der Waals surface area (Å²) in [5.74, 6) is 0.607. The molecule has 2 heterocycles. The molecule has 2 aliphatic rings. The average molecular weight is 282 g/mol. The molecule has 1 N–H and O–H groups in total. The summed E-state index contributed by atoms with van der Waals surface area (Å²) < 4.78 is 0. The number of hydrogen-bond acceptors (Lipinski definition) is 2. The molecule has 0 saturated carbocycles. The van der Waals surface area contributed by atoms with Crippen LogP contribution in [0.2, 0.25) is 0 Å². The van der Waals surface area contributed by atoms with E-state index in [0.29, 0.717) is 5.92 Å². The summed E-state index contributed by atoms with van der Waals surface area (Å²) in [6.45, 7) is 11.0. The maximum absolute atomic E-state index is 4.98. The lowest BCUT2D eigenvalue weighted by molar-refractivity contribution is 0.613. The zero-order chi connectivity index (χ0) is 14.8. The van der Waals surface area contributed by atoms with Crippen LogP contribution in [0.1, 0.15) is 49.8 Å². The van der Waals surface area contributed by atoms with Crippen LogP contribution in [0, 0.1) is 5.92 Å². The average Bonchev–Trinajstić information content (AvgIpc) is 2.70. The third-order valence-electron chi connectivity index (χ3n) is 5.02. The van der Waals surface area contributed by atoms with E-state index in [4.69, 9.17) is 4.99 Å². The van der Waals surface area contributed by atoms with Crippen molar-refractivity contribution in [2.24, 2.45) is 10.9 Å². The van der Waals surface area contributed by atoms with Gasteiger partial charge in [0, 0.05) is 11.3 Å². The molecular formula is C19H26N2. The molecular weight excluding hydrogens is 256 g/mol. The molecule has 1 atom stereocenters. The van der Waals surface area contributed by atoms with Crippen LogP contribution in [0.25, 0.3) is 5.57 Å². The summed E-state index contributed by atoms with van der Waals surface area (Å²) in [4.78, 5) is 4.98. The van der Waals surface area contributed by atoms with Crippen LogP contribution in [-0.2, 0) is 12.8 Å². The molecule has 21 heavy (non-hydrogen) atoms. The molecule has 1 aromatic rings. The zero-order valence-electron chi connectivity index (χ0n) is 13.3. The Bertz CT molecular complexity index is 583. The number of rotatable bonds is 1. The Labute approximate surface area is 128 Å². The highest BCUT2D eigenvalue weighted by Crippen LogP contribution is 2.36. The van der Waals surface area contributed by atoms with Crippen LogP contribution in [0.3, 0.4) is 0 Å². The Morgan fingerprint density at radius 1 is 1.19 bits per heavy atom. The second-order valence-corrected chi connectivity index (χ2v) is 6.39. The minimum Gasteiger partial charge on any atom is -0.316 e. The van der Waals surface area contributed by atoms with Gasteiger partial charge in [0.1, 0.15) is 0 Å². The minimum atomic E-state index is 0.607. The molecule has 112 valence electrons. The highest BCUT2D eigenvalue weighted by molar-refractivity contribution is 5.90. The number of allylic oxidation sites excluding steroid dienone is 1. The minimum absolute atomic E-state index is 0.607. The lowest BCUT2D eigenvalue weighted by atomic mass is 9.87. The van der Waals surface area contributed by atoms with Gasteiger partial charge in [-0.1, -0.05) is 13.5 Å². The van der Waals surface area contributed by atoms with Gasteiger partial charge < -0.3 is 5.32 Å². The van der Waals surface area contributed by atoms with Crippen molar-refractivity contribution in [1.29, 1.82) is 0 Å². The van der Waals surface area contributed by atoms with Gasteiger partial charge in [-0.05, 0) is 86.9 Å². The van der Waals surface area contributed by atoms with Crippen molar-refractivity contribution in [3.63, 3.8) is 0 Å². The molecule has 0 bridgehead atoms. The van der Waals surface area contributed by atoms with Crippen LogP contribution < -0.4 is 5.32 Å². The van der Waals surface area contributed by atoms with Gasteiger partial charge in [-0.3, -0.25) is 4.99 Å². The predicted molar refractivity (Wildman–Crippen MR) is 91.5 cm³/mol. The fourth-order valence-electron chi connectivity index (χ4n) is 3.56. The second kappa shape index (κ2) is 6.15. The summed E-state index contributed by atoms with van der Waals surface area (Å²) in [6, 6.07) is 4.69. The van der Waals surface area contributed by atoms with Gasteiger partial charge in [0.25, 0.3) is 0 Å². The normalized spacial score (nSPS) is 22.5. The molecule has 3 rings (SSSR count). The van der Waals surface area contributed by atoms with E-state index in [1.54, 1.807) is 0 Å². The molecule has 0 amide bonds. The number of aliphatic imine (C=N–C) groups is 1. The van der Waals surface area contributed by atoms with E-state index in [2.05, 4.69) is 37.9 Å². The number of fused-ring (bicyclic) bond motifs is 2. The van der Waals surface area contributed by atoms with Crippen molar-refractivity contribution in [1.82, 2.24) is 5.32 Å². The molecule has 0 fully saturated rings. The maximum Gasteiger partial charge on any atom is 0.0706 e. The van der Waals surface area contributed by atoms with Crippen molar-refractivity contribution < 1.29 is 0 Å². The van der Waals surface area contributed by atoms with Gasteiger partial charge in [0.15, 0.2) is 0 Å². The Balaban J connectivity index is 2.09. The van der Waals surface area contributed by atoms with Crippen molar-refractivity contribution >= 4 is 17.0 Å². The van der Waals surface area contributed by atoms with Crippen LogP contribution in [0.15, 0.2) is 23.7 Å². The molecule has 0 aliphatic carbocycles. The van der Waals surface area contributed by atoms with Gasteiger partial charge >= 0.3 is 0 Å². The first-order chi connectivity index (χ1) is 10.2. The molecule has 2 heteroatoms. The van der Waals surface area contributed by atoms with E-state index in [9.17, 15) is 0 Å². The van der Waals surface area contributed by atoms with Gasteiger partial charge in [-0.15, -0.1) is 0 Å². The fourth-order valence-corrected chi connectivity index (χ4v) is 3.56. The van der Waals surface area contributed by atoms with Gasteiger partial charge in [0.2, 0.25) is 0 Å². The van der Waals surface area contributed by atoms with E-state index < -0.39 is 0 Å². The summed E-state index contributed by atoms with van der Waals surface area (Å²) in [6.07, 6.45) is 5.68. The Morgan fingerprint density at radius 2 is 1.90 bits per heavy atom. The summed E-state index contributed by atoms with van der Waals surface area (Å²) in [5, 5.41) is 3.49. The van der Waals surface area contributed by atoms with E-state index >= 15 is 0 Å². The first-order valence-corrected chi connectivity index (χ1v) is 8.29. The first-order valence-electron chi connectivity index (χ1n) is 8.29. The lowest BCUT2D eigenvalue weighted by Gasteiger charge is -2.22. The van der Waals surface area contributed by atoms with E-state index in [0.717, 1.165) is 38.0 Å². The Hall–Kier alpha value is -1.41. The van der Waals surface area contributed by atoms with Crippen molar-refractivity contribution in [3.8, 4) is 0 Å². The molecule has 0 radical (unpaired) electrons. The quantitative estimate of drug-likeness (QED) is 0.816. The highest BCUT2D eigenvalue weighted by Gasteiger charge is 2.19. The molecule has 1 unspecified atom stereocenters. The molecule has 1 aromatic carbocycles. The van der Waals surface area contributed by atoms with E-state index in [1.807, 2.05) is 0 Å². The monoisotopic (exact) mass is 282 g/mol. The number of nitrogens with one attached hydrogen (secondary N) is 1. The van der Waals surface area contributed by atoms with Gasteiger partial charge in [0.05, 0.1) is 5.69 Å². The predicted octanol–water partition coefficient (Wildman–Crippen LogP) is 4.30. The molecule has 2 nitrogen and oxygen atoms in total. The van der Waals surface area contributed by atoms with Crippen molar-refractivity contribution in [2.75, 3.05) is 13.1 Å². The van der Waals surface area contributed by atoms with Crippen molar-refractivity contribution in [2.45, 2.75) is 46.0 Å². The topological polar surface area (TPSA) is 24.4 Å². The number of benzene rings is 1. The van der Waals surface area contributed by atoms with Gasteiger partial charge in [-0.25, -0.2) is 0 Å². The largest absolute Gasteiger partial charge is 0.316 e. The van der Waals surface area contributed by atoms with E-state index in [-0.39, 0.29) is 0 Å². The Kier molecular flexibility index (Phi) is 4.25. The summed E-state index contributed by atoms with van der Waals surface area (Å²) in [5.41, 5.74) is 7.94. The SMILES string of the molecule is C=C1CCC(CC)C(C)=Nc2cc3c(cc21)CCNCC3. The third kappa shape index (κ3) is 2.96. The fraction of sp³-hybridized carbons (Fsp3) is 0.526. The molecule has 0 aromatic heterocycles. The van der Waals surface area contributed by atoms with Crippen LogP contribution >= 0.6 is 0 Å². The zero-order valence-corrected chi connectivity index (χ0v) is 13.3. The summed E-state index contributed by atoms with van der Waals surface area (Å²) in [7, 11) is 0. The third-order valence-corrected chi connectivity index (χ3v) is 5.02.